The van der Waals surface area contributed by atoms with Gasteiger partial charge in [-0.05, 0) is 37.8 Å². The summed E-state index contributed by atoms with van der Waals surface area (Å²) in [5.41, 5.74) is 9.15. The second kappa shape index (κ2) is 5.31. The van der Waals surface area contributed by atoms with E-state index in [1.54, 1.807) is 0 Å². The highest BCUT2D eigenvalue weighted by atomic mass is 15.1. The molecule has 1 saturated carbocycles. The molecule has 1 aromatic rings. The lowest BCUT2D eigenvalue weighted by Gasteiger charge is -2.40. The molecular formula is C16H26N2. The molecule has 0 radical (unpaired) electrons. The van der Waals surface area contributed by atoms with Crippen LogP contribution < -0.4 is 10.6 Å². The van der Waals surface area contributed by atoms with Gasteiger partial charge in [0.1, 0.15) is 0 Å². The summed E-state index contributed by atoms with van der Waals surface area (Å²) in [6.45, 7) is 5.41. The number of benzene rings is 1. The Balaban J connectivity index is 2.01. The molecule has 0 spiro atoms. The minimum Gasteiger partial charge on any atom is -0.373 e. The average Bonchev–Trinajstić information content (AvgIpc) is 2.28. The van der Waals surface area contributed by atoms with Gasteiger partial charge in [0.2, 0.25) is 0 Å². The summed E-state index contributed by atoms with van der Waals surface area (Å²) in [4.78, 5) is 2.30. The number of likely N-dealkylation sites (N-methyl/N-ethyl adjacent to an activating group) is 1. The van der Waals surface area contributed by atoms with E-state index in [-0.39, 0.29) is 5.54 Å². The van der Waals surface area contributed by atoms with Crippen molar-refractivity contribution >= 4 is 5.69 Å². The number of rotatable bonds is 3. The zero-order valence-corrected chi connectivity index (χ0v) is 11.9. The molecule has 2 N–H and O–H groups in total. The van der Waals surface area contributed by atoms with Gasteiger partial charge in [-0.3, -0.25) is 0 Å². The summed E-state index contributed by atoms with van der Waals surface area (Å²) in [5.74, 6) is 0.773. The molecule has 0 heterocycles. The fraction of sp³-hybridized carbons (Fsp3) is 0.625. The third kappa shape index (κ3) is 3.26. The quantitative estimate of drug-likeness (QED) is 0.886. The molecule has 0 amide bonds. The molecule has 2 rings (SSSR count). The van der Waals surface area contributed by atoms with Gasteiger partial charge in [-0.15, -0.1) is 0 Å². The van der Waals surface area contributed by atoms with Crippen molar-refractivity contribution in [1.29, 1.82) is 0 Å². The van der Waals surface area contributed by atoms with Gasteiger partial charge < -0.3 is 10.6 Å². The first-order chi connectivity index (χ1) is 8.48. The van der Waals surface area contributed by atoms with Gasteiger partial charge in [-0.2, -0.15) is 0 Å². The highest BCUT2D eigenvalue weighted by Gasteiger charge is 2.32. The van der Waals surface area contributed by atoms with E-state index in [2.05, 4.69) is 50.1 Å². The number of anilines is 1. The highest BCUT2D eigenvalue weighted by molar-refractivity contribution is 5.47. The Morgan fingerprint density at radius 2 is 2.00 bits per heavy atom. The van der Waals surface area contributed by atoms with E-state index in [4.69, 9.17) is 5.73 Å². The first-order valence-electron chi connectivity index (χ1n) is 7.05. The van der Waals surface area contributed by atoms with Gasteiger partial charge >= 0.3 is 0 Å². The minimum atomic E-state index is -0.00268. The maximum absolute atomic E-state index is 6.58. The number of nitrogens with two attached hydrogens (primary N) is 1. The van der Waals surface area contributed by atoms with Gasteiger partial charge in [0.15, 0.2) is 0 Å². The number of aryl methyl sites for hydroxylation is 1. The normalized spacial score (nSPS) is 28.1. The van der Waals surface area contributed by atoms with E-state index in [0.29, 0.717) is 0 Å². The van der Waals surface area contributed by atoms with Crippen LogP contribution >= 0.6 is 0 Å². The summed E-state index contributed by atoms with van der Waals surface area (Å²) in [6, 6.07) is 8.70. The molecule has 0 aliphatic heterocycles. The second-order valence-corrected chi connectivity index (χ2v) is 6.26. The Kier molecular flexibility index (Phi) is 3.96. The maximum Gasteiger partial charge on any atom is 0.0364 e. The Bertz CT molecular complexity index is 385. The average molecular weight is 246 g/mol. The van der Waals surface area contributed by atoms with E-state index < -0.39 is 0 Å². The van der Waals surface area contributed by atoms with Crippen molar-refractivity contribution < 1.29 is 0 Å². The van der Waals surface area contributed by atoms with Gasteiger partial charge in [0.25, 0.3) is 0 Å². The molecule has 0 saturated heterocycles. The smallest absolute Gasteiger partial charge is 0.0364 e. The van der Waals surface area contributed by atoms with Crippen LogP contribution in [0.5, 0.6) is 0 Å². The zero-order chi connectivity index (χ0) is 13.2. The van der Waals surface area contributed by atoms with Crippen molar-refractivity contribution in [3.8, 4) is 0 Å². The van der Waals surface area contributed by atoms with E-state index in [1.165, 1.54) is 24.1 Å². The standard InChI is InChI=1S/C16H26N2/c1-13-6-8-15(9-7-13)18(3)12-16(17)10-4-5-14(2)11-16/h6-9,14H,4-5,10-12,17H2,1-3H3. The van der Waals surface area contributed by atoms with Crippen LogP contribution in [0, 0.1) is 12.8 Å². The number of hydrogen-bond acceptors (Lipinski definition) is 2. The van der Waals surface area contributed by atoms with Crippen molar-refractivity contribution in [2.24, 2.45) is 11.7 Å². The SMILES string of the molecule is Cc1ccc(N(C)CC2(N)CCCC(C)C2)cc1. The largest absolute Gasteiger partial charge is 0.373 e. The van der Waals surface area contributed by atoms with E-state index in [0.717, 1.165) is 25.3 Å². The van der Waals surface area contributed by atoms with Crippen LogP contribution in [-0.2, 0) is 0 Å². The topological polar surface area (TPSA) is 29.3 Å². The summed E-state index contributed by atoms with van der Waals surface area (Å²) < 4.78 is 0. The maximum atomic E-state index is 6.58. The van der Waals surface area contributed by atoms with Crippen LogP contribution in [0.3, 0.4) is 0 Å². The molecule has 2 unspecified atom stereocenters. The fourth-order valence-corrected chi connectivity index (χ4v) is 3.21. The van der Waals surface area contributed by atoms with Crippen molar-refractivity contribution in [3.05, 3.63) is 29.8 Å². The summed E-state index contributed by atoms with van der Waals surface area (Å²) >= 11 is 0. The third-order valence-corrected chi connectivity index (χ3v) is 4.15. The molecule has 2 heteroatoms. The molecule has 1 aromatic carbocycles. The van der Waals surface area contributed by atoms with Crippen LogP contribution in [0.2, 0.25) is 0 Å². The molecule has 100 valence electrons. The first-order valence-corrected chi connectivity index (χ1v) is 7.05. The molecular weight excluding hydrogens is 220 g/mol. The minimum absolute atomic E-state index is 0.00268. The van der Waals surface area contributed by atoms with Gasteiger partial charge in [0, 0.05) is 24.8 Å². The molecule has 1 aliphatic carbocycles. The van der Waals surface area contributed by atoms with Gasteiger partial charge in [-0.25, -0.2) is 0 Å². The summed E-state index contributed by atoms with van der Waals surface area (Å²) in [7, 11) is 2.15. The Morgan fingerprint density at radius 1 is 1.33 bits per heavy atom. The number of nitrogens with zero attached hydrogens (tertiary/aromatic N) is 1. The summed E-state index contributed by atoms with van der Waals surface area (Å²) in [6.07, 6.45) is 4.93. The van der Waals surface area contributed by atoms with E-state index in [1.807, 2.05) is 0 Å². The fourth-order valence-electron chi connectivity index (χ4n) is 3.21. The van der Waals surface area contributed by atoms with Crippen LogP contribution in [0.15, 0.2) is 24.3 Å². The molecule has 1 fully saturated rings. The molecule has 2 atom stereocenters. The van der Waals surface area contributed by atoms with Gasteiger partial charge in [0.05, 0.1) is 0 Å². The molecule has 2 nitrogen and oxygen atoms in total. The van der Waals surface area contributed by atoms with Crippen molar-refractivity contribution in [1.82, 2.24) is 0 Å². The third-order valence-electron chi connectivity index (χ3n) is 4.15. The highest BCUT2D eigenvalue weighted by Crippen LogP contribution is 2.31. The first kappa shape index (κ1) is 13.4. The predicted molar refractivity (Wildman–Crippen MR) is 79.0 cm³/mol. The Labute approximate surface area is 111 Å². The van der Waals surface area contributed by atoms with Crippen molar-refractivity contribution in [3.63, 3.8) is 0 Å². The van der Waals surface area contributed by atoms with Crippen LogP contribution in [-0.4, -0.2) is 19.1 Å². The molecule has 0 aromatic heterocycles. The van der Waals surface area contributed by atoms with Crippen molar-refractivity contribution in [2.75, 3.05) is 18.5 Å². The van der Waals surface area contributed by atoms with Crippen LogP contribution in [0.1, 0.15) is 38.2 Å². The predicted octanol–water partition coefficient (Wildman–Crippen LogP) is 3.34. The molecule has 0 bridgehead atoms. The van der Waals surface area contributed by atoms with Crippen LogP contribution in [0.25, 0.3) is 0 Å². The Hall–Kier alpha value is -1.02. The van der Waals surface area contributed by atoms with Crippen molar-refractivity contribution in [2.45, 2.75) is 45.1 Å². The van der Waals surface area contributed by atoms with E-state index in [9.17, 15) is 0 Å². The molecule has 1 aliphatic rings. The number of hydrogen-bond donors (Lipinski definition) is 1. The monoisotopic (exact) mass is 246 g/mol. The van der Waals surface area contributed by atoms with E-state index >= 15 is 0 Å². The zero-order valence-electron chi connectivity index (χ0n) is 11.9. The van der Waals surface area contributed by atoms with Gasteiger partial charge in [-0.1, -0.05) is 37.5 Å². The lowest BCUT2D eigenvalue weighted by Crippen LogP contribution is -2.52. The molecule has 18 heavy (non-hydrogen) atoms. The lowest BCUT2D eigenvalue weighted by molar-refractivity contribution is 0.241. The second-order valence-electron chi connectivity index (χ2n) is 6.26. The lowest BCUT2D eigenvalue weighted by atomic mass is 9.77. The Morgan fingerprint density at radius 3 is 2.61 bits per heavy atom. The van der Waals surface area contributed by atoms with Crippen LogP contribution in [0.4, 0.5) is 5.69 Å². The summed E-state index contributed by atoms with van der Waals surface area (Å²) in [5, 5.41) is 0.